The second kappa shape index (κ2) is 3.05. The van der Waals surface area contributed by atoms with Gasteiger partial charge in [0.25, 0.3) is 0 Å². The molecule has 0 amide bonds. The molecular formula is C11H9O2. The van der Waals surface area contributed by atoms with Crippen molar-refractivity contribution in [2.24, 2.45) is 0 Å². The summed E-state index contributed by atoms with van der Waals surface area (Å²) in [5.41, 5.74) is 1.71. The summed E-state index contributed by atoms with van der Waals surface area (Å²) >= 11 is 0. The number of fused-ring (bicyclic) bond motifs is 1. The van der Waals surface area contributed by atoms with Crippen LogP contribution in [-0.4, -0.2) is 5.78 Å². The van der Waals surface area contributed by atoms with E-state index >= 15 is 0 Å². The molecule has 0 spiro atoms. The Morgan fingerprint density at radius 3 is 3.15 bits per heavy atom. The van der Waals surface area contributed by atoms with Gasteiger partial charge in [0.05, 0.1) is 6.26 Å². The lowest BCUT2D eigenvalue weighted by atomic mass is 10.1. The fourth-order valence-corrected chi connectivity index (χ4v) is 1.40. The first-order valence-electron chi connectivity index (χ1n) is 4.13. The number of carbonyl (C=O) groups is 1. The van der Waals surface area contributed by atoms with Crippen LogP contribution < -0.4 is 0 Å². The highest BCUT2D eigenvalue weighted by Gasteiger charge is 2.05. The Bertz CT molecular complexity index is 440. The number of benzene rings is 1. The summed E-state index contributed by atoms with van der Waals surface area (Å²) < 4.78 is 5.24. The number of Topliss-reactive ketones (excluding diaryl/α,β-unsaturated/α-hetero) is 1. The zero-order valence-corrected chi connectivity index (χ0v) is 7.33. The van der Waals surface area contributed by atoms with Crippen molar-refractivity contribution in [2.45, 2.75) is 13.3 Å². The van der Waals surface area contributed by atoms with Crippen LogP contribution in [0.15, 0.2) is 28.9 Å². The van der Waals surface area contributed by atoms with Crippen molar-refractivity contribution in [3.8, 4) is 0 Å². The van der Waals surface area contributed by atoms with Gasteiger partial charge < -0.3 is 4.42 Å². The van der Waals surface area contributed by atoms with Crippen LogP contribution in [0.3, 0.4) is 0 Å². The van der Waals surface area contributed by atoms with E-state index < -0.39 is 0 Å². The molecule has 0 aliphatic rings. The number of hydrogen-bond donors (Lipinski definition) is 0. The molecule has 0 fully saturated rings. The number of ketones is 1. The van der Waals surface area contributed by atoms with Crippen molar-refractivity contribution < 1.29 is 9.21 Å². The lowest BCUT2D eigenvalue weighted by Crippen LogP contribution is -1.95. The quantitative estimate of drug-likeness (QED) is 0.697. The maximum Gasteiger partial charge on any atom is 0.138 e. The third kappa shape index (κ3) is 1.47. The fourth-order valence-electron chi connectivity index (χ4n) is 1.40. The molecule has 13 heavy (non-hydrogen) atoms. The highest BCUT2D eigenvalue weighted by molar-refractivity contribution is 5.86. The predicted octanol–water partition coefficient (Wildman–Crippen LogP) is 2.36. The van der Waals surface area contributed by atoms with Crippen molar-refractivity contribution in [3.63, 3.8) is 0 Å². The van der Waals surface area contributed by atoms with Gasteiger partial charge in [0.2, 0.25) is 0 Å². The van der Waals surface area contributed by atoms with Gasteiger partial charge >= 0.3 is 0 Å². The van der Waals surface area contributed by atoms with Gasteiger partial charge in [-0.15, -0.1) is 0 Å². The number of furan rings is 1. The van der Waals surface area contributed by atoms with Crippen LogP contribution in [0.5, 0.6) is 0 Å². The van der Waals surface area contributed by atoms with Crippen LogP contribution in [0.1, 0.15) is 12.5 Å². The minimum Gasteiger partial charge on any atom is -0.463 e. The Balaban J connectivity index is 2.54. The smallest absolute Gasteiger partial charge is 0.138 e. The summed E-state index contributed by atoms with van der Waals surface area (Å²) in [5, 5.41) is 0.929. The molecule has 0 bridgehead atoms. The second-order valence-corrected chi connectivity index (χ2v) is 3.05. The van der Waals surface area contributed by atoms with Gasteiger partial charge in [-0.05, 0) is 6.92 Å². The Morgan fingerprint density at radius 1 is 1.54 bits per heavy atom. The lowest BCUT2D eigenvalue weighted by molar-refractivity contribution is -0.116. The van der Waals surface area contributed by atoms with E-state index in [1.165, 1.54) is 6.26 Å². The SMILES string of the molecule is CC(=O)Cc1cccc2[c]coc12. The number of hydrogen-bond acceptors (Lipinski definition) is 2. The highest BCUT2D eigenvalue weighted by atomic mass is 16.3. The maximum absolute atomic E-state index is 10.9. The molecule has 2 aromatic rings. The highest BCUT2D eigenvalue weighted by Crippen LogP contribution is 2.19. The number of rotatable bonds is 2. The maximum atomic E-state index is 10.9. The van der Waals surface area contributed by atoms with E-state index in [1.54, 1.807) is 6.92 Å². The predicted molar refractivity (Wildman–Crippen MR) is 49.4 cm³/mol. The molecule has 1 aromatic carbocycles. The average Bonchev–Trinajstić information content (AvgIpc) is 2.51. The minimum absolute atomic E-state index is 0.143. The minimum atomic E-state index is 0.143. The zero-order valence-electron chi connectivity index (χ0n) is 7.33. The van der Waals surface area contributed by atoms with E-state index in [0.29, 0.717) is 6.42 Å². The van der Waals surface area contributed by atoms with Crippen LogP contribution in [0.2, 0.25) is 0 Å². The molecule has 2 heteroatoms. The van der Waals surface area contributed by atoms with Gasteiger partial charge in [0.15, 0.2) is 0 Å². The Morgan fingerprint density at radius 2 is 2.38 bits per heavy atom. The molecule has 2 nitrogen and oxygen atoms in total. The molecule has 1 aromatic heterocycles. The Hall–Kier alpha value is -1.57. The molecule has 0 unspecified atom stereocenters. The first kappa shape index (κ1) is 8.05. The second-order valence-electron chi connectivity index (χ2n) is 3.05. The first-order valence-corrected chi connectivity index (χ1v) is 4.13. The van der Waals surface area contributed by atoms with E-state index in [-0.39, 0.29) is 5.78 Å². The van der Waals surface area contributed by atoms with E-state index in [1.807, 2.05) is 18.2 Å². The fraction of sp³-hybridized carbons (Fsp3) is 0.182. The van der Waals surface area contributed by atoms with Gasteiger partial charge in [-0.1, -0.05) is 18.2 Å². The van der Waals surface area contributed by atoms with E-state index in [0.717, 1.165) is 16.5 Å². The number of para-hydroxylation sites is 1. The summed E-state index contributed by atoms with van der Waals surface area (Å²) in [6.07, 6.45) is 1.95. The Kier molecular flexibility index (Phi) is 1.89. The van der Waals surface area contributed by atoms with Gasteiger partial charge in [-0.3, -0.25) is 4.79 Å². The van der Waals surface area contributed by atoms with Crippen molar-refractivity contribution >= 4 is 16.8 Å². The van der Waals surface area contributed by atoms with E-state index in [2.05, 4.69) is 6.07 Å². The summed E-state index contributed by atoms with van der Waals surface area (Å²) in [6, 6.07) is 8.69. The largest absolute Gasteiger partial charge is 0.463 e. The average molecular weight is 173 g/mol. The monoisotopic (exact) mass is 173 g/mol. The molecule has 65 valence electrons. The topological polar surface area (TPSA) is 30.2 Å². The van der Waals surface area contributed by atoms with Gasteiger partial charge in [0.1, 0.15) is 11.4 Å². The molecule has 0 saturated heterocycles. The van der Waals surface area contributed by atoms with Crippen LogP contribution in [0.4, 0.5) is 0 Å². The van der Waals surface area contributed by atoms with Crippen molar-refractivity contribution in [3.05, 3.63) is 36.1 Å². The van der Waals surface area contributed by atoms with Crippen LogP contribution in [-0.2, 0) is 11.2 Å². The van der Waals surface area contributed by atoms with Crippen molar-refractivity contribution in [1.82, 2.24) is 0 Å². The normalized spacial score (nSPS) is 10.5. The van der Waals surface area contributed by atoms with E-state index in [4.69, 9.17) is 4.42 Å². The van der Waals surface area contributed by atoms with E-state index in [9.17, 15) is 4.79 Å². The number of carbonyl (C=O) groups excluding carboxylic acids is 1. The molecule has 1 radical (unpaired) electrons. The van der Waals surface area contributed by atoms with Gasteiger partial charge in [0, 0.05) is 23.4 Å². The standard InChI is InChI=1S/C11H9O2/c1-8(12)7-10-4-2-3-9-5-6-13-11(9)10/h2-4,6H,7H2,1H3. The molecule has 1 heterocycles. The van der Waals surface area contributed by atoms with Gasteiger partial charge in [-0.25, -0.2) is 0 Å². The molecule has 0 atom stereocenters. The summed E-state index contributed by atoms with van der Waals surface area (Å²) in [4.78, 5) is 10.9. The van der Waals surface area contributed by atoms with Crippen LogP contribution in [0.25, 0.3) is 11.0 Å². The van der Waals surface area contributed by atoms with Crippen molar-refractivity contribution in [1.29, 1.82) is 0 Å². The van der Waals surface area contributed by atoms with Crippen LogP contribution in [0, 0.1) is 6.07 Å². The third-order valence-electron chi connectivity index (χ3n) is 1.93. The Labute approximate surface area is 76.2 Å². The third-order valence-corrected chi connectivity index (χ3v) is 1.93. The first-order chi connectivity index (χ1) is 6.27. The lowest BCUT2D eigenvalue weighted by Gasteiger charge is -1.97. The van der Waals surface area contributed by atoms with Gasteiger partial charge in [-0.2, -0.15) is 0 Å². The van der Waals surface area contributed by atoms with Crippen molar-refractivity contribution in [2.75, 3.05) is 0 Å². The zero-order chi connectivity index (χ0) is 9.26. The molecule has 0 aliphatic heterocycles. The molecule has 0 N–H and O–H groups in total. The summed E-state index contributed by atoms with van der Waals surface area (Å²) in [5.74, 6) is 0.143. The molecule has 2 rings (SSSR count). The molecule has 0 saturated carbocycles. The molecule has 0 aliphatic carbocycles. The summed E-state index contributed by atoms with van der Waals surface area (Å²) in [7, 11) is 0. The summed E-state index contributed by atoms with van der Waals surface area (Å²) in [6.45, 7) is 1.57. The van der Waals surface area contributed by atoms with Crippen LogP contribution >= 0.6 is 0 Å². The molecular weight excluding hydrogens is 164 g/mol.